The van der Waals surface area contributed by atoms with Gasteiger partial charge in [-0.1, -0.05) is 6.07 Å². The Morgan fingerprint density at radius 3 is 2.50 bits per heavy atom. The van der Waals surface area contributed by atoms with Crippen LogP contribution in [0.1, 0.15) is 68.4 Å². The second-order valence-corrected chi connectivity index (χ2v) is 11.0. The summed E-state index contributed by atoms with van der Waals surface area (Å²) in [4.78, 5) is 20.4. The molecular weight excluding hydrogens is 509 g/mol. The Morgan fingerprint density at radius 2 is 1.82 bits per heavy atom. The highest BCUT2D eigenvalue weighted by atomic mass is 19.1. The summed E-state index contributed by atoms with van der Waals surface area (Å²) in [5.74, 6) is 0.511. The summed E-state index contributed by atoms with van der Waals surface area (Å²) in [6.07, 6.45) is 7.97. The summed E-state index contributed by atoms with van der Waals surface area (Å²) in [5.41, 5.74) is 5.69. The molecule has 0 bridgehead atoms. The normalized spacial score (nSPS) is 21.8. The van der Waals surface area contributed by atoms with Crippen LogP contribution in [0.3, 0.4) is 0 Å². The number of rotatable bonds is 6. The molecule has 0 radical (unpaired) electrons. The number of nitrogens with zero attached hydrogens (tertiary/aromatic N) is 5. The van der Waals surface area contributed by atoms with Gasteiger partial charge in [-0.3, -0.25) is 9.48 Å². The van der Waals surface area contributed by atoms with Gasteiger partial charge in [-0.2, -0.15) is 5.10 Å². The number of carbonyl (C=O) groups excluding carboxylic acids is 1. The highest BCUT2D eigenvalue weighted by molar-refractivity contribution is 5.95. The first-order chi connectivity index (χ1) is 19.4. The predicted molar refractivity (Wildman–Crippen MR) is 152 cm³/mol. The molecular formula is C31H36FN5O3. The van der Waals surface area contributed by atoms with Crippen molar-refractivity contribution in [2.75, 3.05) is 19.1 Å². The maximum atomic E-state index is 14.8. The van der Waals surface area contributed by atoms with Crippen LogP contribution >= 0.6 is 0 Å². The van der Waals surface area contributed by atoms with Crippen molar-refractivity contribution in [1.29, 1.82) is 0 Å². The zero-order valence-corrected chi connectivity index (χ0v) is 23.6. The van der Waals surface area contributed by atoms with Crippen molar-refractivity contribution in [3.05, 3.63) is 59.8 Å². The lowest BCUT2D eigenvalue weighted by Gasteiger charge is -2.37. The molecule has 1 atom stereocenters. The van der Waals surface area contributed by atoms with Gasteiger partial charge in [0.05, 0.1) is 42.2 Å². The fraction of sp³-hybridized carbons (Fsp3) is 0.452. The Kier molecular flexibility index (Phi) is 7.08. The predicted octanol–water partition coefficient (Wildman–Crippen LogP) is 6.28. The van der Waals surface area contributed by atoms with E-state index in [-0.39, 0.29) is 29.8 Å². The van der Waals surface area contributed by atoms with Gasteiger partial charge in [0, 0.05) is 43.9 Å². The van der Waals surface area contributed by atoms with E-state index in [0.29, 0.717) is 12.1 Å². The van der Waals surface area contributed by atoms with Crippen molar-refractivity contribution in [2.24, 2.45) is 7.05 Å². The van der Waals surface area contributed by atoms with Gasteiger partial charge in [0.1, 0.15) is 5.82 Å². The third-order valence-corrected chi connectivity index (χ3v) is 8.61. The molecule has 4 aromatic rings. The first-order valence-electron chi connectivity index (χ1n) is 14.1. The van der Waals surface area contributed by atoms with Gasteiger partial charge in [0.2, 0.25) is 5.91 Å². The van der Waals surface area contributed by atoms with Crippen LogP contribution in [0.4, 0.5) is 10.1 Å². The quantitative estimate of drug-likeness (QED) is 0.285. The first-order valence-corrected chi connectivity index (χ1v) is 14.1. The van der Waals surface area contributed by atoms with Gasteiger partial charge in [-0.25, -0.2) is 9.37 Å². The molecule has 2 fully saturated rings. The van der Waals surface area contributed by atoms with Crippen LogP contribution in [0.15, 0.2) is 42.6 Å². The maximum Gasteiger partial charge on any atom is 0.227 e. The molecule has 2 aromatic carbocycles. The van der Waals surface area contributed by atoms with Crippen molar-refractivity contribution < 1.29 is 18.7 Å². The van der Waals surface area contributed by atoms with Crippen molar-refractivity contribution in [3.63, 3.8) is 0 Å². The van der Waals surface area contributed by atoms with Crippen LogP contribution in [0.2, 0.25) is 0 Å². The number of anilines is 1. The number of piperidine rings is 1. The number of aromatic nitrogens is 4. The molecule has 1 unspecified atom stereocenters. The Hall–Kier alpha value is -3.72. The lowest BCUT2D eigenvalue weighted by Crippen LogP contribution is -2.40. The molecule has 6 rings (SSSR count). The number of aryl methyl sites for hydroxylation is 2. The van der Waals surface area contributed by atoms with E-state index in [1.165, 1.54) is 13.2 Å². The summed E-state index contributed by atoms with van der Waals surface area (Å²) in [7, 11) is 5.17. The molecule has 2 aromatic heterocycles. The molecule has 3 heterocycles. The summed E-state index contributed by atoms with van der Waals surface area (Å²) < 4.78 is 29.8. The van der Waals surface area contributed by atoms with E-state index in [4.69, 9.17) is 14.5 Å². The van der Waals surface area contributed by atoms with E-state index in [2.05, 4.69) is 34.8 Å². The average Bonchev–Trinajstić information content (AvgIpc) is 3.51. The fourth-order valence-corrected chi connectivity index (χ4v) is 6.63. The van der Waals surface area contributed by atoms with Crippen LogP contribution in [0, 0.1) is 12.7 Å². The number of amides is 1. The van der Waals surface area contributed by atoms with Crippen LogP contribution in [-0.4, -0.2) is 45.6 Å². The monoisotopic (exact) mass is 545 g/mol. The maximum absolute atomic E-state index is 14.8. The summed E-state index contributed by atoms with van der Waals surface area (Å²) in [6.45, 7) is 2.06. The van der Waals surface area contributed by atoms with Gasteiger partial charge in [0.15, 0.2) is 11.6 Å². The molecule has 40 heavy (non-hydrogen) atoms. The standard InChI is InChI=1S/C31H36FN5O3/c1-19-18-33-35(2)30(19)20-8-14-26-25(16-20)34-31(37(26)21-9-12-23(39-3)13-10-21)27-6-5-7-29(38)36(27)22-11-15-28(40-4)24(32)17-22/h8,11,14-18,21,23,27H,5-7,9-10,12-13H2,1-4H3. The Bertz CT molecular complexity index is 1530. The van der Waals surface area contributed by atoms with E-state index < -0.39 is 5.82 Å². The van der Waals surface area contributed by atoms with Crippen LogP contribution in [0.5, 0.6) is 5.75 Å². The van der Waals surface area contributed by atoms with Crippen molar-refractivity contribution in [3.8, 4) is 17.0 Å². The summed E-state index contributed by atoms with van der Waals surface area (Å²) in [6, 6.07) is 11.1. The van der Waals surface area contributed by atoms with Crippen molar-refractivity contribution in [2.45, 2.75) is 70.1 Å². The van der Waals surface area contributed by atoms with Gasteiger partial charge in [0.25, 0.3) is 0 Å². The number of imidazole rings is 1. The Balaban J connectivity index is 1.49. The molecule has 0 N–H and O–H groups in total. The molecule has 1 aliphatic carbocycles. The van der Waals surface area contributed by atoms with Crippen LogP contribution < -0.4 is 9.64 Å². The summed E-state index contributed by atoms with van der Waals surface area (Å²) in [5, 5.41) is 4.42. The van der Waals surface area contributed by atoms with E-state index in [9.17, 15) is 9.18 Å². The topological polar surface area (TPSA) is 74.4 Å². The molecule has 8 nitrogen and oxygen atoms in total. The van der Waals surface area contributed by atoms with Gasteiger partial charge in [-0.05, 0) is 75.3 Å². The zero-order valence-electron chi connectivity index (χ0n) is 23.6. The lowest BCUT2D eigenvalue weighted by molar-refractivity contribution is -0.120. The Morgan fingerprint density at radius 1 is 1.02 bits per heavy atom. The number of halogens is 1. The Labute approximate surface area is 233 Å². The largest absolute Gasteiger partial charge is 0.494 e. The van der Waals surface area contributed by atoms with Crippen molar-refractivity contribution >= 4 is 22.6 Å². The number of hydrogen-bond donors (Lipinski definition) is 0. The third kappa shape index (κ3) is 4.56. The highest BCUT2D eigenvalue weighted by Crippen LogP contribution is 2.42. The second-order valence-electron chi connectivity index (χ2n) is 11.0. The van der Waals surface area contributed by atoms with E-state index in [0.717, 1.165) is 72.2 Å². The molecule has 1 saturated heterocycles. The molecule has 9 heteroatoms. The van der Waals surface area contributed by atoms with Crippen LogP contribution in [-0.2, 0) is 16.6 Å². The molecule has 1 saturated carbocycles. The minimum absolute atomic E-state index is 0.0197. The third-order valence-electron chi connectivity index (χ3n) is 8.61. The zero-order chi connectivity index (χ0) is 28.0. The first kappa shape index (κ1) is 26.5. The van der Waals surface area contributed by atoms with Crippen LogP contribution in [0.25, 0.3) is 22.3 Å². The second kappa shape index (κ2) is 10.7. The van der Waals surface area contributed by atoms with Crippen molar-refractivity contribution in [1.82, 2.24) is 19.3 Å². The number of methoxy groups -OCH3 is 2. The lowest BCUT2D eigenvalue weighted by atomic mass is 9.91. The van der Waals surface area contributed by atoms with E-state index >= 15 is 0 Å². The van der Waals surface area contributed by atoms with Gasteiger partial charge >= 0.3 is 0 Å². The van der Waals surface area contributed by atoms with E-state index in [1.807, 2.05) is 17.9 Å². The SMILES string of the molecule is COc1ccc(N2C(=O)CCCC2c2nc3cc(-c4c(C)cnn4C)ccc3n2C2CCC(OC)CC2)cc1F. The number of fused-ring (bicyclic) bond motifs is 1. The van der Waals surface area contributed by atoms with Gasteiger partial charge in [-0.15, -0.1) is 0 Å². The number of hydrogen-bond acceptors (Lipinski definition) is 5. The minimum atomic E-state index is -0.486. The molecule has 0 spiro atoms. The number of ether oxygens (including phenoxy) is 2. The minimum Gasteiger partial charge on any atom is -0.494 e. The fourth-order valence-electron chi connectivity index (χ4n) is 6.63. The average molecular weight is 546 g/mol. The van der Waals surface area contributed by atoms with E-state index in [1.54, 1.807) is 24.1 Å². The molecule has 210 valence electrons. The molecule has 2 aliphatic rings. The molecule has 1 amide bonds. The number of benzene rings is 2. The highest BCUT2D eigenvalue weighted by Gasteiger charge is 2.36. The summed E-state index contributed by atoms with van der Waals surface area (Å²) >= 11 is 0. The number of carbonyl (C=O) groups is 1. The molecule has 1 aliphatic heterocycles. The smallest absolute Gasteiger partial charge is 0.227 e. The van der Waals surface area contributed by atoms with Gasteiger partial charge < -0.3 is 18.9 Å².